The molecule has 0 aliphatic heterocycles. The van der Waals surface area contributed by atoms with Crippen LogP contribution >= 0.6 is 0 Å². The fourth-order valence-corrected chi connectivity index (χ4v) is 3.84. The summed E-state index contributed by atoms with van der Waals surface area (Å²) < 4.78 is 7.15. The number of hydrogen-bond donors (Lipinski definition) is 2. The molecule has 0 aliphatic carbocycles. The predicted molar refractivity (Wildman–Crippen MR) is 125 cm³/mol. The number of imidazole rings is 2. The van der Waals surface area contributed by atoms with Crippen molar-refractivity contribution in [1.82, 2.24) is 9.13 Å². The summed E-state index contributed by atoms with van der Waals surface area (Å²) in [7, 11) is 7.37. The quantitative estimate of drug-likeness (QED) is 0.447. The highest BCUT2D eigenvalue weighted by molar-refractivity contribution is 6.01. The SMILES string of the molecule is Cn1cc[n+](C)c1C(=O)Nc1ccc(Cc2ccc(NC(=O)c3n(C)cc[n+]3C)cc2)cc1. The van der Waals surface area contributed by atoms with Crippen molar-refractivity contribution in [1.29, 1.82) is 0 Å². The third-order valence-electron chi connectivity index (χ3n) is 5.60. The maximum atomic E-state index is 12.5. The molecular formula is C25H28N6O2+2. The fourth-order valence-electron chi connectivity index (χ4n) is 3.84. The van der Waals surface area contributed by atoms with Crippen molar-refractivity contribution >= 4 is 23.2 Å². The Hall–Kier alpha value is -4.20. The molecule has 0 spiro atoms. The van der Waals surface area contributed by atoms with Crippen LogP contribution in [0.2, 0.25) is 0 Å². The van der Waals surface area contributed by atoms with Gasteiger partial charge in [-0.15, -0.1) is 0 Å². The first-order chi connectivity index (χ1) is 15.8. The standard InChI is InChI=1S/C25H26N6O2/c1-28-13-14-29(2)24(28)22(32)26-20-9-5-18(6-10-20)17-19-7-11-21(12-8-19)27-23(33)25-30(3)15-16-31(25)4/h5-16H,17H2,1-4H3/p+2. The number of aromatic nitrogens is 4. The monoisotopic (exact) mass is 444 g/mol. The highest BCUT2D eigenvalue weighted by Crippen LogP contribution is 2.17. The Bertz CT molecular complexity index is 1160. The Kier molecular flexibility index (Phi) is 6.08. The minimum Gasteiger partial charge on any atom is -0.315 e. The average molecular weight is 445 g/mol. The topological polar surface area (TPSA) is 75.8 Å². The number of anilines is 2. The summed E-state index contributed by atoms with van der Waals surface area (Å²) in [6, 6.07) is 15.7. The van der Waals surface area contributed by atoms with Gasteiger partial charge in [0.25, 0.3) is 0 Å². The molecule has 4 aromatic rings. The van der Waals surface area contributed by atoms with Gasteiger partial charge in [-0.05, 0) is 41.8 Å². The normalized spacial score (nSPS) is 10.8. The second-order valence-electron chi connectivity index (χ2n) is 8.17. The molecule has 0 radical (unpaired) electrons. The van der Waals surface area contributed by atoms with Gasteiger partial charge in [0.15, 0.2) is 0 Å². The van der Waals surface area contributed by atoms with Crippen molar-refractivity contribution in [2.24, 2.45) is 28.2 Å². The average Bonchev–Trinajstić information content (AvgIpc) is 3.30. The zero-order valence-corrected chi connectivity index (χ0v) is 19.2. The predicted octanol–water partition coefficient (Wildman–Crippen LogP) is 2.11. The minimum absolute atomic E-state index is 0.153. The summed E-state index contributed by atoms with van der Waals surface area (Å²) in [4.78, 5) is 25.1. The van der Waals surface area contributed by atoms with Gasteiger partial charge in [0, 0.05) is 11.4 Å². The lowest BCUT2D eigenvalue weighted by molar-refractivity contribution is -0.672. The van der Waals surface area contributed by atoms with Crippen LogP contribution in [0.25, 0.3) is 0 Å². The third kappa shape index (κ3) is 4.85. The summed E-state index contributed by atoms with van der Waals surface area (Å²) in [5.74, 6) is 0.845. The van der Waals surface area contributed by atoms with Gasteiger partial charge in [0.05, 0.1) is 28.2 Å². The van der Waals surface area contributed by atoms with E-state index in [1.165, 1.54) is 0 Å². The van der Waals surface area contributed by atoms with Crippen LogP contribution in [0.4, 0.5) is 11.4 Å². The number of aryl methyl sites for hydroxylation is 4. The highest BCUT2D eigenvalue weighted by Gasteiger charge is 2.22. The maximum absolute atomic E-state index is 12.5. The molecule has 0 aliphatic rings. The van der Waals surface area contributed by atoms with Gasteiger partial charge in [-0.25, -0.2) is 18.3 Å². The van der Waals surface area contributed by atoms with Crippen molar-refractivity contribution in [3.05, 3.63) is 96.1 Å². The molecule has 0 atom stereocenters. The first kappa shape index (κ1) is 22.0. The number of carbonyl (C=O) groups is 2. The number of nitrogens with one attached hydrogen (secondary N) is 2. The van der Waals surface area contributed by atoms with Crippen LogP contribution in [0.3, 0.4) is 0 Å². The van der Waals surface area contributed by atoms with Crippen LogP contribution in [0.15, 0.2) is 73.3 Å². The molecule has 168 valence electrons. The van der Waals surface area contributed by atoms with E-state index in [-0.39, 0.29) is 11.8 Å². The largest absolute Gasteiger partial charge is 0.347 e. The van der Waals surface area contributed by atoms with Gasteiger partial charge in [-0.2, -0.15) is 0 Å². The maximum Gasteiger partial charge on any atom is 0.347 e. The van der Waals surface area contributed by atoms with E-state index in [4.69, 9.17) is 0 Å². The van der Waals surface area contributed by atoms with Gasteiger partial charge >= 0.3 is 23.5 Å². The number of nitrogens with zero attached hydrogens (tertiary/aromatic N) is 4. The summed E-state index contributed by atoms with van der Waals surface area (Å²) in [6.07, 6.45) is 8.13. The number of hydrogen-bond acceptors (Lipinski definition) is 2. The zero-order valence-electron chi connectivity index (χ0n) is 19.2. The van der Waals surface area contributed by atoms with E-state index in [0.717, 1.165) is 28.9 Å². The Morgan fingerprint density at radius 1 is 0.697 bits per heavy atom. The summed E-state index contributed by atoms with van der Waals surface area (Å²) in [5.41, 5.74) is 3.75. The Labute approximate surface area is 192 Å². The Balaban J connectivity index is 1.36. The lowest BCUT2D eigenvalue weighted by Gasteiger charge is -2.07. The van der Waals surface area contributed by atoms with E-state index < -0.39 is 0 Å². The number of rotatable bonds is 6. The van der Waals surface area contributed by atoms with Crippen molar-refractivity contribution in [2.45, 2.75) is 6.42 Å². The first-order valence-electron chi connectivity index (χ1n) is 10.6. The molecular weight excluding hydrogens is 416 g/mol. The molecule has 2 aromatic heterocycles. The molecule has 33 heavy (non-hydrogen) atoms. The van der Waals surface area contributed by atoms with Gasteiger partial charge in [-0.3, -0.25) is 9.59 Å². The summed E-state index contributed by atoms with van der Waals surface area (Å²) in [5, 5.41) is 5.88. The second-order valence-corrected chi connectivity index (χ2v) is 8.17. The molecule has 0 bridgehead atoms. The van der Waals surface area contributed by atoms with Gasteiger partial charge in [0.2, 0.25) is 0 Å². The molecule has 2 amide bonds. The molecule has 2 heterocycles. The van der Waals surface area contributed by atoms with Crippen molar-refractivity contribution in [2.75, 3.05) is 10.6 Å². The van der Waals surface area contributed by atoms with Gasteiger partial charge < -0.3 is 10.6 Å². The third-order valence-corrected chi connectivity index (χ3v) is 5.60. The molecule has 4 rings (SSSR count). The zero-order chi connectivity index (χ0) is 23.5. The van der Waals surface area contributed by atoms with Gasteiger partial charge in [0.1, 0.15) is 24.8 Å². The molecule has 8 nitrogen and oxygen atoms in total. The van der Waals surface area contributed by atoms with E-state index >= 15 is 0 Å². The fraction of sp³-hybridized carbons (Fsp3) is 0.200. The first-order valence-corrected chi connectivity index (χ1v) is 10.6. The number of benzene rings is 2. The van der Waals surface area contributed by atoms with Crippen LogP contribution in [0.5, 0.6) is 0 Å². The lowest BCUT2D eigenvalue weighted by atomic mass is 10.0. The van der Waals surface area contributed by atoms with Crippen LogP contribution in [0.1, 0.15) is 32.4 Å². The van der Waals surface area contributed by atoms with Gasteiger partial charge in [-0.1, -0.05) is 24.3 Å². The molecule has 0 fully saturated rings. The minimum atomic E-state index is -0.153. The molecule has 2 N–H and O–H groups in total. The molecule has 0 saturated carbocycles. The summed E-state index contributed by atoms with van der Waals surface area (Å²) >= 11 is 0. The molecule has 8 heteroatoms. The lowest BCUT2D eigenvalue weighted by Crippen LogP contribution is -2.37. The second kappa shape index (κ2) is 9.12. The van der Waals surface area contributed by atoms with Crippen LogP contribution in [0, 0.1) is 0 Å². The van der Waals surface area contributed by atoms with E-state index in [1.54, 1.807) is 18.3 Å². The van der Waals surface area contributed by atoms with E-state index in [0.29, 0.717) is 11.6 Å². The van der Waals surface area contributed by atoms with Crippen molar-refractivity contribution in [3.63, 3.8) is 0 Å². The van der Waals surface area contributed by atoms with Crippen LogP contribution in [-0.4, -0.2) is 20.9 Å². The van der Waals surface area contributed by atoms with Crippen molar-refractivity contribution < 1.29 is 18.7 Å². The van der Waals surface area contributed by atoms with Crippen molar-refractivity contribution in [3.8, 4) is 0 Å². The highest BCUT2D eigenvalue weighted by atomic mass is 16.2. The summed E-state index contributed by atoms with van der Waals surface area (Å²) in [6.45, 7) is 0. The molecule has 2 aromatic carbocycles. The molecule has 0 saturated heterocycles. The number of carbonyl (C=O) groups excluding carboxylic acids is 2. The Morgan fingerprint density at radius 2 is 1.06 bits per heavy atom. The Morgan fingerprint density at radius 3 is 1.36 bits per heavy atom. The number of amides is 2. The van der Waals surface area contributed by atoms with E-state index in [2.05, 4.69) is 10.6 Å². The van der Waals surface area contributed by atoms with E-state index in [9.17, 15) is 9.59 Å². The molecule has 0 unspecified atom stereocenters. The van der Waals surface area contributed by atoms with Crippen LogP contribution < -0.4 is 19.8 Å². The van der Waals surface area contributed by atoms with Crippen LogP contribution in [-0.2, 0) is 34.6 Å². The van der Waals surface area contributed by atoms with E-state index in [1.807, 2.05) is 102 Å². The smallest absolute Gasteiger partial charge is 0.315 e.